The summed E-state index contributed by atoms with van der Waals surface area (Å²) in [4.78, 5) is 12.8. The molecule has 0 saturated carbocycles. The van der Waals surface area contributed by atoms with Crippen molar-refractivity contribution in [2.45, 2.75) is 13.0 Å². The van der Waals surface area contributed by atoms with Crippen molar-refractivity contribution in [1.82, 2.24) is 4.90 Å². The van der Waals surface area contributed by atoms with Gasteiger partial charge in [0.15, 0.2) is 0 Å². The van der Waals surface area contributed by atoms with Crippen molar-refractivity contribution in [2.75, 3.05) is 20.7 Å². The Morgan fingerprint density at radius 3 is 2.88 bits per heavy atom. The van der Waals surface area contributed by atoms with Crippen LogP contribution in [0, 0.1) is 5.82 Å². The highest BCUT2D eigenvalue weighted by Crippen LogP contribution is 2.20. The van der Waals surface area contributed by atoms with E-state index in [1.165, 1.54) is 13.2 Å². The van der Waals surface area contributed by atoms with Gasteiger partial charge in [0.25, 0.3) is 0 Å². The van der Waals surface area contributed by atoms with Crippen LogP contribution in [-0.4, -0.2) is 31.6 Å². The fourth-order valence-electron chi connectivity index (χ4n) is 1.42. The molecule has 0 radical (unpaired) electrons. The van der Waals surface area contributed by atoms with Crippen LogP contribution < -0.4 is 0 Å². The molecule has 5 heteroatoms. The van der Waals surface area contributed by atoms with Crippen LogP contribution in [0.1, 0.15) is 12.0 Å². The second-order valence-corrected chi connectivity index (χ2v) is 4.15. The molecule has 0 aromatic heterocycles. The van der Waals surface area contributed by atoms with Gasteiger partial charge in [0.2, 0.25) is 0 Å². The van der Waals surface area contributed by atoms with E-state index in [0.29, 0.717) is 25.1 Å². The van der Waals surface area contributed by atoms with Crippen molar-refractivity contribution in [3.05, 3.63) is 34.6 Å². The Balaban J connectivity index is 2.53. The average Bonchev–Trinajstić information content (AvgIpc) is 2.32. The topological polar surface area (TPSA) is 29.5 Å². The van der Waals surface area contributed by atoms with Gasteiger partial charge < -0.3 is 9.64 Å². The Morgan fingerprint density at radius 2 is 2.24 bits per heavy atom. The Morgan fingerprint density at radius 1 is 1.53 bits per heavy atom. The van der Waals surface area contributed by atoms with Gasteiger partial charge in [0, 0.05) is 13.1 Å². The third kappa shape index (κ3) is 4.32. The van der Waals surface area contributed by atoms with Crippen molar-refractivity contribution in [3.8, 4) is 0 Å². The molecule has 0 aliphatic carbocycles. The Labute approximate surface area is 105 Å². The maximum Gasteiger partial charge on any atom is 0.306 e. The normalized spacial score (nSPS) is 10.6. The maximum atomic E-state index is 13.2. The van der Waals surface area contributed by atoms with E-state index in [2.05, 4.69) is 4.74 Å². The molecule has 0 amide bonds. The lowest BCUT2D eigenvalue weighted by Gasteiger charge is -2.16. The fourth-order valence-corrected chi connectivity index (χ4v) is 1.61. The standard InChI is InChI=1S/C12H15ClFNO2/c1-15(7-6-11(16)17-2)8-9-4-3-5-10(14)12(9)13/h3-5H,6-8H2,1-2H3. The molecule has 3 nitrogen and oxygen atoms in total. The minimum absolute atomic E-state index is 0.136. The lowest BCUT2D eigenvalue weighted by Crippen LogP contribution is -2.22. The SMILES string of the molecule is COC(=O)CCN(C)Cc1cccc(F)c1Cl. The first kappa shape index (κ1) is 13.9. The van der Waals surface area contributed by atoms with Gasteiger partial charge >= 0.3 is 5.97 Å². The predicted octanol–water partition coefficient (Wildman–Crippen LogP) is 2.47. The zero-order chi connectivity index (χ0) is 12.8. The largest absolute Gasteiger partial charge is 0.469 e. The zero-order valence-electron chi connectivity index (χ0n) is 9.87. The second kappa shape index (κ2) is 6.57. The number of benzene rings is 1. The summed E-state index contributed by atoms with van der Waals surface area (Å²) in [7, 11) is 3.19. The number of methoxy groups -OCH3 is 1. The third-order valence-corrected chi connectivity index (χ3v) is 2.82. The number of hydrogen-bond donors (Lipinski definition) is 0. The Kier molecular flexibility index (Phi) is 5.38. The molecule has 0 fully saturated rings. The molecule has 0 saturated heterocycles. The number of esters is 1. The smallest absolute Gasteiger partial charge is 0.306 e. The molecule has 17 heavy (non-hydrogen) atoms. The van der Waals surface area contributed by atoms with Crippen molar-refractivity contribution in [1.29, 1.82) is 0 Å². The van der Waals surface area contributed by atoms with Gasteiger partial charge in [-0.05, 0) is 18.7 Å². The fraction of sp³-hybridized carbons (Fsp3) is 0.417. The predicted molar refractivity (Wildman–Crippen MR) is 64.4 cm³/mol. The molecule has 0 aliphatic rings. The Hall–Kier alpha value is -1.13. The molecule has 0 heterocycles. The summed E-state index contributed by atoms with van der Waals surface area (Å²) in [5.74, 6) is -0.687. The van der Waals surface area contributed by atoms with Crippen molar-refractivity contribution < 1.29 is 13.9 Å². The summed E-state index contributed by atoms with van der Waals surface area (Å²) < 4.78 is 17.7. The van der Waals surface area contributed by atoms with E-state index < -0.39 is 5.82 Å². The van der Waals surface area contributed by atoms with Crippen LogP contribution in [0.25, 0.3) is 0 Å². The third-order valence-electron chi connectivity index (χ3n) is 2.40. The highest BCUT2D eigenvalue weighted by molar-refractivity contribution is 6.31. The van der Waals surface area contributed by atoms with Gasteiger partial charge in [0.1, 0.15) is 5.82 Å². The average molecular weight is 260 g/mol. The van der Waals surface area contributed by atoms with Gasteiger partial charge in [-0.25, -0.2) is 4.39 Å². The lowest BCUT2D eigenvalue weighted by atomic mass is 10.2. The lowest BCUT2D eigenvalue weighted by molar-refractivity contribution is -0.140. The molecule has 0 N–H and O–H groups in total. The van der Waals surface area contributed by atoms with Crippen LogP contribution >= 0.6 is 11.6 Å². The molecule has 0 bridgehead atoms. The molecule has 94 valence electrons. The monoisotopic (exact) mass is 259 g/mol. The first-order chi connectivity index (χ1) is 8.04. The number of halogens is 2. The van der Waals surface area contributed by atoms with Crippen molar-refractivity contribution in [2.24, 2.45) is 0 Å². The summed E-state index contributed by atoms with van der Waals surface area (Å²) in [5.41, 5.74) is 0.707. The van der Waals surface area contributed by atoms with Gasteiger partial charge in [-0.1, -0.05) is 23.7 Å². The molecular weight excluding hydrogens is 245 g/mol. The van der Waals surface area contributed by atoms with Gasteiger partial charge in [0.05, 0.1) is 18.6 Å². The summed E-state index contributed by atoms with van der Waals surface area (Å²) in [5, 5.41) is 0.136. The van der Waals surface area contributed by atoms with Crippen LogP contribution in [-0.2, 0) is 16.1 Å². The molecule has 0 unspecified atom stereocenters. The number of carbonyl (C=O) groups is 1. The Bertz CT molecular complexity index is 398. The molecule has 1 rings (SSSR count). The van der Waals surface area contributed by atoms with E-state index in [-0.39, 0.29) is 11.0 Å². The first-order valence-corrected chi connectivity index (χ1v) is 5.60. The maximum absolute atomic E-state index is 13.2. The summed E-state index contributed by atoms with van der Waals surface area (Å²) in [6, 6.07) is 4.70. The molecule has 0 atom stereocenters. The number of hydrogen-bond acceptors (Lipinski definition) is 3. The van der Waals surface area contributed by atoms with E-state index in [1.54, 1.807) is 12.1 Å². The van der Waals surface area contributed by atoms with Gasteiger partial charge in [-0.15, -0.1) is 0 Å². The molecule has 0 aliphatic heterocycles. The molecular formula is C12H15ClFNO2. The van der Waals surface area contributed by atoms with Crippen LogP contribution in [0.3, 0.4) is 0 Å². The van der Waals surface area contributed by atoms with Crippen LogP contribution in [0.5, 0.6) is 0 Å². The number of rotatable bonds is 5. The van der Waals surface area contributed by atoms with Gasteiger partial charge in [-0.2, -0.15) is 0 Å². The summed E-state index contributed by atoms with van der Waals surface area (Å²) in [6.07, 6.45) is 0.305. The molecule has 1 aromatic rings. The highest BCUT2D eigenvalue weighted by atomic mass is 35.5. The summed E-state index contributed by atoms with van der Waals surface area (Å²) >= 11 is 5.83. The highest BCUT2D eigenvalue weighted by Gasteiger charge is 2.09. The number of nitrogens with zero attached hydrogens (tertiary/aromatic N) is 1. The van der Waals surface area contributed by atoms with Crippen LogP contribution in [0.15, 0.2) is 18.2 Å². The van der Waals surface area contributed by atoms with Crippen LogP contribution in [0.4, 0.5) is 4.39 Å². The minimum atomic E-state index is -0.425. The van der Waals surface area contributed by atoms with Crippen molar-refractivity contribution in [3.63, 3.8) is 0 Å². The summed E-state index contributed by atoms with van der Waals surface area (Å²) in [6.45, 7) is 1.03. The van der Waals surface area contributed by atoms with Crippen molar-refractivity contribution >= 4 is 17.6 Å². The van der Waals surface area contributed by atoms with E-state index in [1.807, 2.05) is 11.9 Å². The van der Waals surface area contributed by atoms with E-state index in [4.69, 9.17) is 11.6 Å². The van der Waals surface area contributed by atoms with E-state index in [9.17, 15) is 9.18 Å². The zero-order valence-corrected chi connectivity index (χ0v) is 10.6. The van der Waals surface area contributed by atoms with E-state index >= 15 is 0 Å². The van der Waals surface area contributed by atoms with Gasteiger partial charge in [-0.3, -0.25) is 4.79 Å². The first-order valence-electron chi connectivity index (χ1n) is 5.23. The minimum Gasteiger partial charge on any atom is -0.469 e. The number of carbonyl (C=O) groups excluding carboxylic acids is 1. The molecule has 0 spiro atoms. The van der Waals surface area contributed by atoms with E-state index in [0.717, 1.165) is 0 Å². The second-order valence-electron chi connectivity index (χ2n) is 3.78. The molecule has 1 aromatic carbocycles. The quantitative estimate of drug-likeness (QED) is 0.761. The van der Waals surface area contributed by atoms with Crippen LogP contribution in [0.2, 0.25) is 5.02 Å². The number of ether oxygens (including phenoxy) is 1.